The fourth-order valence-corrected chi connectivity index (χ4v) is 2.70. The van der Waals surface area contributed by atoms with Crippen molar-refractivity contribution in [1.82, 2.24) is 9.97 Å². The monoisotopic (exact) mass is 227 g/mol. The molecule has 3 N–H and O–H groups in total. The van der Waals surface area contributed by atoms with Crippen molar-refractivity contribution in [2.45, 2.75) is 31.7 Å². The van der Waals surface area contributed by atoms with Crippen molar-refractivity contribution in [3.8, 4) is 0 Å². The third-order valence-corrected chi connectivity index (χ3v) is 3.57. The molecular weight excluding hydrogens is 210 g/mol. The molecule has 2 aromatic rings. The lowest BCUT2D eigenvalue weighted by Gasteiger charge is -2.23. The van der Waals surface area contributed by atoms with Crippen molar-refractivity contribution in [2.75, 3.05) is 0 Å². The van der Waals surface area contributed by atoms with E-state index >= 15 is 0 Å². The molecule has 1 aliphatic rings. The van der Waals surface area contributed by atoms with Gasteiger partial charge in [0.05, 0.1) is 0 Å². The van der Waals surface area contributed by atoms with Crippen LogP contribution in [0.4, 0.5) is 0 Å². The molecule has 1 aromatic carbocycles. The Morgan fingerprint density at radius 3 is 3.06 bits per heavy atom. The molecule has 0 radical (unpaired) electrons. The van der Waals surface area contributed by atoms with Gasteiger partial charge in [0.15, 0.2) is 0 Å². The van der Waals surface area contributed by atoms with Gasteiger partial charge >= 0.3 is 0 Å². The van der Waals surface area contributed by atoms with Crippen LogP contribution < -0.4 is 5.73 Å². The fourth-order valence-electron chi connectivity index (χ4n) is 2.70. The molecule has 3 nitrogen and oxygen atoms in total. The van der Waals surface area contributed by atoms with E-state index in [-0.39, 0.29) is 0 Å². The SMILES string of the molecule is NCc1cnc(C2CCCc3ccccc32)[nH]1. The summed E-state index contributed by atoms with van der Waals surface area (Å²) in [5.41, 5.74) is 9.53. The van der Waals surface area contributed by atoms with E-state index in [2.05, 4.69) is 34.2 Å². The standard InChI is InChI=1S/C14H17N3/c15-8-11-9-16-14(17-11)13-7-3-5-10-4-1-2-6-12(10)13/h1-2,4,6,9,13H,3,5,7-8,15H2,(H,16,17). The molecule has 17 heavy (non-hydrogen) atoms. The Bertz CT molecular complexity index is 516. The first-order chi connectivity index (χ1) is 8.38. The lowest BCUT2D eigenvalue weighted by Crippen LogP contribution is -2.12. The number of hydrogen-bond acceptors (Lipinski definition) is 2. The molecule has 0 saturated heterocycles. The van der Waals surface area contributed by atoms with Gasteiger partial charge in [-0.05, 0) is 30.4 Å². The number of hydrogen-bond donors (Lipinski definition) is 2. The zero-order valence-electron chi connectivity index (χ0n) is 9.82. The normalized spacial score (nSPS) is 19.0. The second-order valence-electron chi connectivity index (χ2n) is 4.64. The predicted octanol–water partition coefficient (Wildman–Crippen LogP) is 2.34. The van der Waals surface area contributed by atoms with Gasteiger partial charge in [-0.25, -0.2) is 4.98 Å². The summed E-state index contributed by atoms with van der Waals surface area (Å²) in [4.78, 5) is 7.81. The number of nitrogens with zero attached hydrogens (tertiary/aromatic N) is 1. The Hall–Kier alpha value is -1.61. The van der Waals surface area contributed by atoms with E-state index in [0.717, 1.165) is 11.5 Å². The lowest BCUT2D eigenvalue weighted by molar-refractivity contribution is 0.594. The average Bonchev–Trinajstić information content (AvgIpc) is 2.87. The van der Waals surface area contributed by atoms with E-state index in [9.17, 15) is 0 Å². The summed E-state index contributed by atoms with van der Waals surface area (Å²) in [6, 6.07) is 8.69. The number of aryl methyl sites for hydroxylation is 1. The van der Waals surface area contributed by atoms with Gasteiger partial charge in [-0.2, -0.15) is 0 Å². The Balaban J connectivity index is 1.99. The molecule has 1 aliphatic carbocycles. The second-order valence-corrected chi connectivity index (χ2v) is 4.64. The van der Waals surface area contributed by atoms with Crippen LogP contribution in [-0.4, -0.2) is 9.97 Å². The van der Waals surface area contributed by atoms with E-state index in [0.29, 0.717) is 12.5 Å². The predicted molar refractivity (Wildman–Crippen MR) is 67.7 cm³/mol. The summed E-state index contributed by atoms with van der Waals surface area (Å²) < 4.78 is 0. The van der Waals surface area contributed by atoms with Crippen LogP contribution in [0, 0.1) is 0 Å². The van der Waals surface area contributed by atoms with Gasteiger partial charge in [0, 0.05) is 24.4 Å². The molecule has 3 rings (SSSR count). The van der Waals surface area contributed by atoms with Crippen LogP contribution in [0.25, 0.3) is 0 Å². The summed E-state index contributed by atoms with van der Waals surface area (Å²) >= 11 is 0. The van der Waals surface area contributed by atoms with Crippen LogP contribution in [0.1, 0.15) is 41.4 Å². The zero-order valence-corrected chi connectivity index (χ0v) is 9.82. The number of H-pyrrole nitrogens is 1. The number of imidazole rings is 1. The van der Waals surface area contributed by atoms with Crippen LogP contribution in [-0.2, 0) is 13.0 Å². The molecule has 1 unspecified atom stereocenters. The quantitative estimate of drug-likeness (QED) is 0.827. The maximum atomic E-state index is 5.62. The van der Waals surface area contributed by atoms with Gasteiger partial charge in [0.1, 0.15) is 5.82 Å². The molecule has 0 bridgehead atoms. The number of benzene rings is 1. The number of rotatable bonds is 2. The van der Waals surface area contributed by atoms with E-state index in [4.69, 9.17) is 5.73 Å². The number of aromatic nitrogens is 2. The molecular formula is C14H17N3. The van der Waals surface area contributed by atoms with Crippen molar-refractivity contribution in [3.63, 3.8) is 0 Å². The fraction of sp³-hybridized carbons (Fsp3) is 0.357. The molecule has 0 fully saturated rings. The number of aromatic amines is 1. The van der Waals surface area contributed by atoms with Gasteiger partial charge < -0.3 is 10.7 Å². The molecule has 1 atom stereocenters. The van der Waals surface area contributed by atoms with Crippen molar-refractivity contribution in [2.24, 2.45) is 5.73 Å². The number of fused-ring (bicyclic) bond motifs is 1. The second kappa shape index (κ2) is 4.34. The van der Waals surface area contributed by atoms with Crippen molar-refractivity contribution in [1.29, 1.82) is 0 Å². The maximum Gasteiger partial charge on any atom is 0.113 e. The topological polar surface area (TPSA) is 54.7 Å². The highest BCUT2D eigenvalue weighted by atomic mass is 14.9. The number of nitrogens with two attached hydrogens (primary N) is 1. The highest BCUT2D eigenvalue weighted by Gasteiger charge is 2.23. The van der Waals surface area contributed by atoms with Crippen molar-refractivity contribution >= 4 is 0 Å². The Labute approximate surface area is 101 Å². The van der Waals surface area contributed by atoms with Gasteiger partial charge in [-0.1, -0.05) is 24.3 Å². The van der Waals surface area contributed by atoms with Crippen LogP contribution in [0.3, 0.4) is 0 Å². The zero-order chi connectivity index (χ0) is 11.7. The Morgan fingerprint density at radius 1 is 1.35 bits per heavy atom. The van der Waals surface area contributed by atoms with Gasteiger partial charge in [-0.15, -0.1) is 0 Å². The molecule has 0 spiro atoms. The third-order valence-electron chi connectivity index (χ3n) is 3.57. The van der Waals surface area contributed by atoms with Crippen LogP contribution in [0.5, 0.6) is 0 Å². The first kappa shape index (κ1) is 10.5. The van der Waals surface area contributed by atoms with Gasteiger partial charge in [0.2, 0.25) is 0 Å². The van der Waals surface area contributed by atoms with Crippen LogP contribution >= 0.6 is 0 Å². The Morgan fingerprint density at radius 2 is 2.24 bits per heavy atom. The van der Waals surface area contributed by atoms with E-state index in [1.807, 2.05) is 6.20 Å². The molecule has 3 heteroatoms. The third kappa shape index (κ3) is 1.87. The van der Waals surface area contributed by atoms with Crippen molar-refractivity contribution < 1.29 is 0 Å². The number of nitrogens with one attached hydrogen (secondary N) is 1. The van der Waals surface area contributed by atoms with Crippen LogP contribution in [0.15, 0.2) is 30.5 Å². The maximum absolute atomic E-state index is 5.62. The minimum atomic E-state index is 0.417. The minimum Gasteiger partial charge on any atom is -0.344 e. The molecule has 1 aromatic heterocycles. The van der Waals surface area contributed by atoms with E-state index < -0.39 is 0 Å². The summed E-state index contributed by atoms with van der Waals surface area (Å²) in [6.07, 6.45) is 5.46. The first-order valence-electron chi connectivity index (χ1n) is 6.20. The molecule has 1 heterocycles. The largest absolute Gasteiger partial charge is 0.344 e. The van der Waals surface area contributed by atoms with Gasteiger partial charge in [-0.3, -0.25) is 0 Å². The minimum absolute atomic E-state index is 0.417. The summed E-state index contributed by atoms with van der Waals surface area (Å²) in [7, 11) is 0. The highest BCUT2D eigenvalue weighted by molar-refractivity contribution is 5.36. The molecule has 0 saturated carbocycles. The van der Waals surface area contributed by atoms with Crippen LogP contribution in [0.2, 0.25) is 0 Å². The van der Waals surface area contributed by atoms with Gasteiger partial charge in [0.25, 0.3) is 0 Å². The molecule has 0 aliphatic heterocycles. The summed E-state index contributed by atoms with van der Waals surface area (Å²) in [5, 5.41) is 0. The lowest BCUT2D eigenvalue weighted by atomic mass is 9.82. The molecule has 88 valence electrons. The Kier molecular flexibility index (Phi) is 2.69. The first-order valence-corrected chi connectivity index (χ1v) is 6.20. The summed E-state index contributed by atoms with van der Waals surface area (Å²) in [5.74, 6) is 1.48. The molecule has 0 amide bonds. The highest BCUT2D eigenvalue weighted by Crippen LogP contribution is 2.34. The smallest absolute Gasteiger partial charge is 0.113 e. The van der Waals surface area contributed by atoms with Crippen molar-refractivity contribution in [3.05, 3.63) is 53.1 Å². The van der Waals surface area contributed by atoms with E-state index in [1.165, 1.54) is 30.4 Å². The average molecular weight is 227 g/mol. The van der Waals surface area contributed by atoms with E-state index in [1.54, 1.807) is 0 Å². The summed E-state index contributed by atoms with van der Waals surface area (Å²) in [6.45, 7) is 0.529.